The van der Waals surface area contributed by atoms with E-state index in [0.29, 0.717) is 13.0 Å². The van der Waals surface area contributed by atoms with Crippen LogP contribution in [-0.4, -0.2) is 31.1 Å². The third-order valence-electron chi connectivity index (χ3n) is 3.40. The van der Waals surface area contributed by atoms with Gasteiger partial charge in [0.25, 0.3) is 0 Å². The molecule has 0 fully saturated rings. The maximum atomic E-state index is 12.2. The van der Waals surface area contributed by atoms with Crippen molar-refractivity contribution < 1.29 is 19.1 Å². The molecule has 1 N–H and O–H groups in total. The van der Waals surface area contributed by atoms with E-state index in [1.165, 1.54) is 7.11 Å². The Kier molecular flexibility index (Phi) is 6.89. The molecule has 1 aromatic rings. The number of ether oxygens (including phenoxy) is 2. The largest absolute Gasteiger partial charge is 0.494 e. The highest BCUT2D eigenvalue weighted by Crippen LogP contribution is 2.16. The fourth-order valence-electron chi connectivity index (χ4n) is 2.35. The van der Waals surface area contributed by atoms with E-state index in [2.05, 4.69) is 5.32 Å². The summed E-state index contributed by atoms with van der Waals surface area (Å²) < 4.78 is 10.2. The van der Waals surface area contributed by atoms with Gasteiger partial charge in [-0.3, -0.25) is 4.79 Å². The molecule has 5 nitrogen and oxygen atoms in total. The lowest BCUT2D eigenvalue weighted by molar-refractivity contribution is -0.150. The minimum atomic E-state index is -0.980. The van der Waals surface area contributed by atoms with E-state index in [4.69, 9.17) is 9.47 Å². The van der Waals surface area contributed by atoms with Crippen molar-refractivity contribution in [3.63, 3.8) is 0 Å². The molecule has 0 aromatic heterocycles. The Hall–Kier alpha value is -2.04. The molecule has 0 saturated carbocycles. The van der Waals surface area contributed by atoms with Crippen molar-refractivity contribution in [2.45, 2.75) is 45.6 Å². The van der Waals surface area contributed by atoms with Gasteiger partial charge in [-0.1, -0.05) is 25.5 Å². The second kappa shape index (κ2) is 8.41. The molecular formula is C17H25NO4. The summed E-state index contributed by atoms with van der Waals surface area (Å²) in [6, 6.07) is 7.36. The van der Waals surface area contributed by atoms with Crippen LogP contribution in [0.1, 0.15) is 39.2 Å². The monoisotopic (exact) mass is 307 g/mol. The Morgan fingerprint density at radius 1 is 1.18 bits per heavy atom. The van der Waals surface area contributed by atoms with Crippen LogP contribution in [0.15, 0.2) is 24.3 Å². The summed E-state index contributed by atoms with van der Waals surface area (Å²) in [6.45, 7) is 6.18. The second-order valence-corrected chi connectivity index (χ2v) is 5.38. The number of nitrogens with one attached hydrogen (secondary N) is 1. The summed E-state index contributed by atoms with van der Waals surface area (Å²) >= 11 is 0. The Labute approximate surface area is 132 Å². The van der Waals surface area contributed by atoms with Crippen LogP contribution < -0.4 is 10.1 Å². The third-order valence-corrected chi connectivity index (χ3v) is 3.40. The smallest absolute Gasteiger partial charge is 0.331 e. The van der Waals surface area contributed by atoms with Gasteiger partial charge in [0.05, 0.1) is 20.1 Å². The molecule has 0 radical (unpaired) electrons. The van der Waals surface area contributed by atoms with Crippen molar-refractivity contribution in [2.24, 2.45) is 0 Å². The lowest BCUT2D eigenvalue weighted by Crippen LogP contribution is -2.53. The average Bonchev–Trinajstić information content (AvgIpc) is 2.48. The van der Waals surface area contributed by atoms with Gasteiger partial charge >= 0.3 is 5.97 Å². The van der Waals surface area contributed by atoms with E-state index in [9.17, 15) is 9.59 Å². The van der Waals surface area contributed by atoms with Gasteiger partial charge in [-0.15, -0.1) is 0 Å². The van der Waals surface area contributed by atoms with Crippen LogP contribution in [0.2, 0.25) is 0 Å². The molecule has 5 heteroatoms. The first-order valence-electron chi connectivity index (χ1n) is 7.56. The zero-order valence-electron chi connectivity index (χ0n) is 13.8. The Morgan fingerprint density at radius 2 is 1.82 bits per heavy atom. The van der Waals surface area contributed by atoms with Crippen molar-refractivity contribution >= 4 is 11.9 Å². The molecule has 1 atom stereocenters. The van der Waals surface area contributed by atoms with Gasteiger partial charge < -0.3 is 14.8 Å². The van der Waals surface area contributed by atoms with E-state index in [-0.39, 0.29) is 12.3 Å². The first-order valence-corrected chi connectivity index (χ1v) is 7.56. The molecule has 1 aromatic carbocycles. The number of benzene rings is 1. The van der Waals surface area contributed by atoms with Gasteiger partial charge in [0.15, 0.2) is 0 Å². The quantitative estimate of drug-likeness (QED) is 0.749. The molecule has 22 heavy (non-hydrogen) atoms. The first kappa shape index (κ1) is 18.0. The molecule has 0 aliphatic rings. The zero-order chi connectivity index (χ0) is 16.6. The highest BCUT2D eigenvalue weighted by molar-refractivity contribution is 5.88. The molecule has 0 spiro atoms. The number of rotatable bonds is 8. The van der Waals surface area contributed by atoms with Gasteiger partial charge in [0, 0.05) is 0 Å². The summed E-state index contributed by atoms with van der Waals surface area (Å²) in [5.41, 5.74) is -0.115. The van der Waals surface area contributed by atoms with Crippen LogP contribution >= 0.6 is 0 Å². The van der Waals surface area contributed by atoms with Crippen LogP contribution in [0.3, 0.4) is 0 Å². The van der Waals surface area contributed by atoms with Crippen LogP contribution in [0.4, 0.5) is 0 Å². The number of hydrogen-bond donors (Lipinski definition) is 1. The van der Waals surface area contributed by atoms with E-state index in [1.807, 2.05) is 38.1 Å². The Balaban J connectivity index is 2.69. The molecule has 1 rings (SSSR count). The lowest BCUT2D eigenvalue weighted by Gasteiger charge is -2.27. The van der Waals surface area contributed by atoms with Crippen molar-refractivity contribution in [2.75, 3.05) is 13.7 Å². The highest BCUT2D eigenvalue weighted by atomic mass is 16.5. The van der Waals surface area contributed by atoms with Gasteiger partial charge in [0.1, 0.15) is 11.3 Å². The Morgan fingerprint density at radius 3 is 2.32 bits per heavy atom. The number of amides is 1. The van der Waals surface area contributed by atoms with E-state index < -0.39 is 11.5 Å². The molecule has 1 amide bonds. The third kappa shape index (κ3) is 5.06. The summed E-state index contributed by atoms with van der Waals surface area (Å²) in [7, 11) is 1.33. The van der Waals surface area contributed by atoms with Crippen LogP contribution in [0.5, 0.6) is 5.75 Å². The first-order chi connectivity index (χ1) is 10.4. The molecule has 0 saturated heterocycles. The number of esters is 1. The van der Waals surface area contributed by atoms with Gasteiger partial charge in [-0.2, -0.15) is 0 Å². The van der Waals surface area contributed by atoms with E-state index in [0.717, 1.165) is 17.7 Å². The Bertz CT molecular complexity index is 498. The fraction of sp³-hybridized carbons (Fsp3) is 0.529. The predicted octanol–water partition coefficient (Wildman–Crippen LogP) is 2.48. The number of carbonyl (C=O) groups is 2. The van der Waals surface area contributed by atoms with E-state index >= 15 is 0 Å². The van der Waals surface area contributed by atoms with Crippen LogP contribution in [-0.2, 0) is 20.7 Å². The minimum absolute atomic E-state index is 0.203. The average molecular weight is 307 g/mol. The number of methoxy groups -OCH3 is 1. The van der Waals surface area contributed by atoms with Crippen molar-refractivity contribution in [1.82, 2.24) is 5.32 Å². The van der Waals surface area contributed by atoms with Crippen molar-refractivity contribution in [1.29, 1.82) is 0 Å². The fourth-order valence-corrected chi connectivity index (χ4v) is 2.35. The molecule has 1 unspecified atom stereocenters. The SMILES string of the molecule is CCCC(C)(NC(=O)Cc1ccc(OCC)cc1)C(=O)OC. The lowest BCUT2D eigenvalue weighted by atomic mass is 9.95. The summed E-state index contributed by atoms with van der Waals surface area (Å²) in [5, 5.41) is 2.79. The topological polar surface area (TPSA) is 64.6 Å². The molecule has 0 aliphatic heterocycles. The zero-order valence-corrected chi connectivity index (χ0v) is 13.8. The predicted molar refractivity (Wildman–Crippen MR) is 84.8 cm³/mol. The molecule has 0 bridgehead atoms. The van der Waals surface area contributed by atoms with Crippen LogP contribution in [0.25, 0.3) is 0 Å². The maximum absolute atomic E-state index is 12.2. The molecule has 0 heterocycles. The van der Waals surface area contributed by atoms with Crippen molar-refractivity contribution in [3.8, 4) is 5.75 Å². The summed E-state index contributed by atoms with van der Waals surface area (Å²) in [4.78, 5) is 24.1. The molecule has 0 aliphatic carbocycles. The van der Waals surface area contributed by atoms with Gasteiger partial charge in [0.2, 0.25) is 5.91 Å². The number of hydrogen-bond acceptors (Lipinski definition) is 4. The standard InChI is InChI=1S/C17H25NO4/c1-5-11-17(3,16(20)21-4)18-15(19)12-13-7-9-14(10-8-13)22-6-2/h7-10H,5-6,11-12H2,1-4H3,(H,18,19). The highest BCUT2D eigenvalue weighted by Gasteiger charge is 2.34. The summed E-state index contributed by atoms with van der Waals surface area (Å²) in [5.74, 6) is 0.150. The second-order valence-electron chi connectivity index (χ2n) is 5.38. The van der Waals surface area contributed by atoms with Gasteiger partial charge in [-0.25, -0.2) is 4.79 Å². The molecule has 122 valence electrons. The van der Waals surface area contributed by atoms with Crippen LogP contribution in [0, 0.1) is 0 Å². The van der Waals surface area contributed by atoms with Crippen molar-refractivity contribution in [3.05, 3.63) is 29.8 Å². The van der Waals surface area contributed by atoms with E-state index in [1.54, 1.807) is 6.92 Å². The maximum Gasteiger partial charge on any atom is 0.331 e. The molecular weight excluding hydrogens is 282 g/mol. The normalized spacial score (nSPS) is 13.1. The minimum Gasteiger partial charge on any atom is -0.494 e. The van der Waals surface area contributed by atoms with Gasteiger partial charge in [-0.05, 0) is 38.0 Å². The number of carbonyl (C=O) groups excluding carboxylic acids is 2. The summed E-state index contributed by atoms with van der Waals surface area (Å²) in [6.07, 6.45) is 1.52.